The van der Waals surface area contributed by atoms with Crippen LogP contribution in [-0.4, -0.2) is 11.7 Å². The molecule has 0 bridgehead atoms. The lowest BCUT2D eigenvalue weighted by Crippen LogP contribution is -2.29. The van der Waals surface area contributed by atoms with Crippen molar-refractivity contribution in [1.29, 1.82) is 0 Å². The molecule has 2 rings (SSSR count). The van der Waals surface area contributed by atoms with Crippen LogP contribution in [0.5, 0.6) is 0 Å². The minimum absolute atomic E-state index is 0.157. The summed E-state index contributed by atoms with van der Waals surface area (Å²) in [5.41, 5.74) is 0.393. The fraction of sp³-hybridized carbons (Fsp3) is 0.417. The molecule has 15 heavy (non-hydrogen) atoms. The molecule has 0 spiro atoms. The number of alkyl halides is 2. The molecule has 1 unspecified atom stereocenters. The molecule has 0 radical (unpaired) electrons. The number of Topliss-reactive ketones (excluding diaryl/α,β-unsaturated/α-hetero) is 1. The molecule has 0 heterocycles. The minimum Gasteiger partial charge on any atom is -0.294 e. The lowest BCUT2D eigenvalue weighted by molar-refractivity contribution is -0.0267. The molecule has 1 saturated carbocycles. The van der Waals surface area contributed by atoms with Gasteiger partial charge in [0, 0.05) is 12.0 Å². The fourth-order valence-corrected chi connectivity index (χ4v) is 2.05. The van der Waals surface area contributed by atoms with E-state index in [1.165, 1.54) is 0 Å². The van der Waals surface area contributed by atoms with Crippen molar-refractivity contribution in [3.05, 3.63) is 35.9 Å². The van der Waals surface area contributed by atoms with Crippen LogP contribution in [0.25, 0.3) is 0 Å². The van der Waals surface area contributed by atoms with Gasteiger partial charge < -0.3 is 0 Å². The average Bonchev–Trinajstić information content (AvgIpc) is 2.58. The summed E-state index contributed by atoms with van der Waals surface area (Å²) < 4.78 is 26.6. The second kappa shape index (κ2) is 3.72. The van der Waals surface area contributed by atoms with E-state index in [4.69, 9.17) is 0 Å². The van der Waals surface area contributed by atoms with Crippen molar-refractivity contribution < 1.29 is 13.6 Å². The summed E-state index contributed by atoms with van der Waals surface area (Å²) in [5, 5.41) is 0. The van der Waals surface area contributed by atoms with E-state index in [1.807, 2.05) is 0 Å². The quantitative estimate of drug-likeness (QED) is 0.684. The van der Waals surface area contributed by atoms with Crippen LogP contribution in [0, 0.1) is 5.92 Å². The van der Waals surface area contributed by atoms with Gasteiger partial charge in [-0.3, -0.25) is 4.79 Å². The highest BCUT2D eigenvalue weighted by Crippen LogP contribution is 2.41. The van der Waals surface area contributed by atoms with Crippen molar-refractivity contribution in [3.8, 4) is 0 Å². The molecule has 0 N–H and O–H groups in total. The zero-order valence-electron chi connectivity index (χ0n) is 8.25. The molecule has 1 atom stereocenters. The third-order valence-electron chi connectivity index (χ3n) is 2.89. The lowest BCUT2D eigenvalue weighted by atomic mass is 9.94. The number of hydrogen-bond donors (Lipinski definition) is 0. The molecule has 0 amide bonds. The highest BCUT2D eigenvalue weighted by Gasteiger charge is 2.47. The van der Waals surface area contributed by atoms with Crippen LogP contribution in [0.2, 0.25) is 0 Å². The molecule has 1 aliphatic rings. The monoisotopic (exact) mass is 210 g/mol. The Hall–Kier alpha value is -1.25. The SMILES string of the molecule is O=C(c1ccccc1)C1CCCC1(F)F. The normalized spacial score (nSPS) is 24.0. The molecule has 1 nitrogen and oxygen atoms in total. The number of carbonyl (C=O) groups excluding carboxylic acids is 1. The van der Waals surface area contributed by atoms with Crippen LogP contribution in [0.3, 0.4) is 0 Å². The van der Waals surface area contributed by atoms with E-state index >= 15 is 0 Å². The first kappa shape index (κ1) is 10.3. The predicted octanol–water partition coefficient (Wildman–Crippen LogP) is 3.30. The summed E-state index contributed by atoms with van der Waals surface area (Å²) in [7, 11) is 0. The first-order valence-corrected chi connectivity index (χ1v) is 5.08. The lowest BCUT2D eigenvalue weighted by Gasteiger charge is -2.17. The zero-order valence-corrected chi connectivity index (χ0v) is 8.25. The van der Waals surface area contributed by atoms with E-state index in [0.717, 1.165) is 0 Å². The Labute approximate surface area is 87.1 Å². The van der Waals surface area contributed by atoms with E-state index < -0.39 is 17.6 Å². The molecular weight excluding hydrogens is 198 g/mol. The topological polar surface area (TPSA) is 17.1 Å². The van der Waals surface area contributed by atoms with Crippen LogP contribution in [0.15, 0.2) is 30.3 Å². The molecule has 0 saturated heterocycles. The molecule has 0 aliphatic heterocycles. The Balaban J connectivity index is 2.22. The smallest absolute Gasteiger partial charge is 0.258 e. The molecular formula is C12H12F2O. The summed E-state index contributed by atoms with van der Waals surface area (Å²) in [4.78, 5) is 11.8. The zero-order chi connectivity index (χ0) is 10.9. The van der Waals surface area contributed by atoms with Gasteiger partial charge >= 0.3 is 0 Å². The highest BCUT2D eigenvalue weighted by molar-refractivity contribution is 5.98. The van der Waals surface area contributed by atoms with Gasteiger partial charge in [-0.1, -0.05) is 30.3 Å². The number of halogens is 2. The van der Waals surface area contributed by atoms with Crippen LogP contribution in [0.4, 0.5) is 8.78 Å². The maximum Gasteiger partial charge on any atom is 0.258 e. The second-order valence-electron chi connectivity index (χ2n) is 3.94. The van der Waals surface area contributed by atoms with Crippen LogP contribution in [0.1, 0.15) is 29.6 Å². The van der Waals surface area contributed by atoms with Gasteiger partial charge in [0.1, 0.15) is 0 Å². The largest absolute Gasteiger partial charge is 0.294 e. The molecule has 80 valence electrons. The number of benzene rings is 1. The third kappa shape index (κ3) is 1.91. The van der Waals surface area contributed by atoms with Gasteiger partial charge in [0.25, 0.3) is 5.92 Å². The number of rotatable bonds is 2. The Morgan fingerprint density at radius 3 is 2.47 bits per heavy atom. The maximum atomic E-state index is 13.3. The highest BCUT2D eigenvalue weighted by atomic mass is 19.3. The Kier molecular flexibility index (Phi) is 2.55. The second-order valence-corrected chi connectivity index (χ2v) is 3.94. The van der Waals surface area contributed by atoms with Crippen molar-refractivity contribution in [2.24, 2.45) is 5.92 Å². The standard InChI is InChI=1S/C12H12F2O/c13-12(14)8-4-7-10(12)11(15)9-5-2-1-3-6-9/h1-3,5-6,10H,4,7-8H2. The average molecular weight is 210 g/mol. The van der Waals surface area contributed by atoms with Crippen molar-refractivity contribution >= 4 is 5.78 Å². The van der Waals surface area contributed by atoms with Gasteiger partial charge in [0.05, 0.1) is 5.92 Å². The van der Waals surface area contributed by atoms with Gasteiger partial charge in [-0.2, -0.15) is 0 Å². The Morgan fingerprint density at radius 1 is 1.27 bits per heavy atom. The summed E-state index contributed by atoms with van der Waals surface area (Å²) in [6, 6.07) is 8.34. The summed E-state index contributed by atoms with van der Waals surface area (Å²) in [5.74, 6) is -4.34. The molecule has 1 fully saturated rings. The van der Waals surface area contributed by atoms with E-state index in [9.17, 15) is 13.6 Å². The van der Waals surface area contributed by atoms with Crippen molar-refractivity contribution in [3.63, 3.8) is 0 Å². The molecule has 1 aromatic rings. The minimum atomic E-state index is -2.81. The van der Waals surface area contributed by atoms with E-state index in [2.05, 4.69) is 0 Å². The fourth-order valence-electron chi connectivity index (χ4n) is 2.05. The molecule has 1 aliphatic carbocycles. The molecule has 0 aromatic heterocycles. The first-order valence-electron chi connectivity index (χ1n) is 5.08. The maximum absolute atomic E-state index is 13.3. The van der Waals surface area contributed by atoms with Crippen LogP contribution < -0.4 is 0 Å². The van der Waals surface area contributed by atoms with Crippen molar-refractivity contribution in [1.82, 2.24) is 0 Å². The first-order chi connectivity index (χ1) is 7.11. The van der Waals surface area contributed by atoms with Gasteiger partial charge in [0.15, 0.2) is 5.78 Å². The van der Waals surface area contributed by atoms with Gasteiger partial charge in [-0.15, -0.1) is 0 Å². The number of hydrogen-bond acceptors (Lipinski definition) is 1. The van der Waals surface area contributed by atoms with Gasteiger partial charge in [-0.05, 0) is 12.8 Å². The van der Waals surface area contributed by atoms with E-state index in [-0.39, 0.29) is 6.42 Å². The third-order valence-corrected chi connectivity index (χ3v) is 2.89. The van der Waals surface area contributed by atoms with Crippen molar-refractivity contribution in [2.75, 3.05) is 0 Å². The van der Waals surface area contributed by atoms with E-state index in [1.54, 1.807) is 30.3 Å². The van der Waals surface area contributed by atoms with Crippen molar-refractivity contribution in [2.45, 2.75) is 25.2 Å². The summed E-state index contributed by atoms with van der Waals surface area (Å²) >= 11 is 0. The molecule has 1 aromatic carbocycles. The Morgan fingerprint density at radius 2 is 1.93 bits per heavy atom. The van der Waals surface area contributed by atoms with Gasteiger partial charge in [-0.25, -0.2) is 8.78 Å². The summed E-state index contributed by atoms with van der Waals surface area (Å²) in [6.45, 7) is 0. The van der Waals surface area contributed by atoms with E-state index in [0.29, 0.717) is 18.4 Å². The van der Waals surface area contributed by atoms with Crippen LogP contribution in [-0.2, 0) is 0 Å². The van der Waals surface area contributed by atoms with Gasteiger partial charge in [0.2, 0.25) is 0 Å². The van der Waals surface area contributed by atoms with Crippen LogP contribution >= 0.6 is 0 Å². The number of ketones is 1. The Bertz CT molecular complexity index is 359. The number of carbonyl (C=O) groups is 1. The summed E-state index contributed by atoms with van der Waals surface area (Å²) in [6.07, 6.45) is 0.590. The predicted molar refractivity (Wildman–Crippen MR) is 53.1 cm³/mol. The molecule has 3 heteroatoms.